The molecule has 0 amide bonds. The Morgan fingerprint density at radius 1 is 1.12 bits per heavy atom. The highest BCUT2D eigenvalue weighted by Crippen LogP contribution is 2.26. The molecule has 25 heavy (non-hydrogen) atoms. The number of fused-ring (bicyclic) bond motifs is 1. The second-order valence-corrected chi connectivity index (χ2v) is 7.84. The third-order valence-corrected chi connectivity index (χ3v) is 4.52. The van der Waals surface area contributed by atoms with Crippen LogP contribution >= 0.6 is 11.8 Å². The minimum Gasteiger partial charge on any atom is -0.450 e. The highest BCUT2D eigenvalue weighted by atomic mass is 32.2. The SMILES string of the molecule is CC(C)(C)OC(=O)O.c1ccc(CSc2ccc3c(c2)CNC3)cc1. The number of benzene rings is 2. The first-order valence-corrected chi connectivity index (χ1v) is 9.23. The van der Waals surface area contributed by atoms with Crippen LogP contribution in [0.25, 0.3) is 0 Å². The smallest absolute Gasteiger partial charge is 0.450 e. The van der Waals surface area contributed by atoms with E-state index < -0.39 is 11.8 Å². The Bertz CT molecular complexity index is 696. The van der Waals surface area contributed by atoms with E-state index in [1.54, 1.807) is 20.8 Å². The average molecular weight is 359 g/mol. The summed E-state index contributed by atoms with van der Waals surface area (Å²) >= 11 is 1.91. The minimum atomic E-state index is -1.22. The van der Waals surface area contributed by atoms with E-state index in [1.807, 2.05) is 11.8 Å². The molecular weight excluding hydrogens is 334 g/mol. The number of hydrogen-bond donors (Lipinski definition) is 2. The second kappa shape index (κ2) is 8.92. The monoisotopic (exact) mass is 359 g/mol. The van der Waals surface area contributed by atoms with Gasteiger partial charge in [-0.25, -0.2) is 4.79 Å². The Labute approximate surface area is 153 Å². The average Bonchev–Trinajstić information content (AvgIpc) is 3.00. The molecule has 2 aromatic rings. The summed E-state index contributed by atoms with van der Waals surface area (Å²) in [5.41, 5.74) is 3.72. The lowest BCUT2D eigenvalue weighted by Crippen LogP contribution is -2.22. The first-order valence-electron chi connectivity index (χ1n) is 8.25. The number of rotatable bonds is 3. The summed E-state index contributed by atoms with van der Waals surface area (Å²) in [6, 6.07) is 17.4. The third kappa shape index (κ3) is 7.20. The lowest BCUT2D eigenvalue weighted by Gasteiger charge is -2.15. The largest absolute Gasteiger partial charge is 0.506 e. The summed E-state index contributed by atoms with van der Waals surface area (Å²) in [5.74, 6) is 1.05. The Morgan fingerprint density at radius 2 is 1.80 bits per heavy atom. The van der Waals surface area contributed by atoms with Crippen LogP contribution in [0.5, 0.6) is 0 Å². The highest BCUT2D eigenvalue weighted by molar-refractivity contribution is 7.98. The molecule has 0 radical (unpaired) electrons. The molecule has 134 valence electrons. The summed E-state index contributed by atoms with van der Waals surface area (Å²) in [6.45, 7) is 7.09. The van der Waals surface area contributed by atoms with E-state index >= 15 is 0 Å². The number of carboxylic acid groups (broad SMARTS) is 1. The predicted molar refractivity (Wildman–Crippen MR) is 102 cm³/mol. The van der Waals surface area contributed by atoms with Gasteiger partial charge in [-0.3, -0.25) is 0 Å². The van der Waals surface area contributed by atoms with Gasteiger partial charge in [0.15, 0.2) is 0 Å². The van der Waals surface area contributed by atoms with E-state index in [2.05, 4.69) is 58.6 Å². The fraction of sp³-hybridized carbons (Fsp3) is 0.350. The van der Waals surface area contributed by atoms with Crippen LogP contribution in [0.15, 0.2) is 53.4 Å². The van der Waals surface area contributed by atoms with Gasteiger partial charge in [-0.15, -0.1) is 11.8 Å². The number of nitrogens with one attached hydrogen (secondary N) is 1. The fourth-order valence-electron chi connectivity index (χ4n) is 2.36. The van der Waals surface area contributed by atoms with Crippen LogP contribution in [-0.4, -0.2) is 16.9 Å². The van der Waals surface area contributed by atoms with Gasteiger partial charge >= 0.3 is 6.16 Å². The first-order chi connectivity index (χ1) is 11.8. The van der Waals surface area contributed by atoms with Crippen LogP contribution in [0.2, 0.25) is 0 Å². The topological polar surface area (TPSA) is 58.6 Å². The molecule has 4 nitrogen and oxygen atoms in total. The molecular formula is C20H25NO3S. The van der Waals surface area contributed by atoms with E-state index in [1.165, 1.54) is 21.6 Å². The van der Waals surface area contributed by atoms with Gasteiger partial charge in [-0.2, -0.15) is 0 Å². The van der Waals surface area contributed by atoms with Crippen molar-refractivity contribution in [1.29, 1.82) is 0 Å². The highest BCUT2D eigenvalue weighted by Gasteiger charge is 2.14. The van der Waals surface area contributed by atoms with Crippen molar-refractivity contribution in [3.05, 3.63) is 65.2 Å². The summed E-state index contributed by atoms with van der Waals surface area (Å²) in [6.07, 6.45) is -1.22. The molecule has 0 fully saturated rings. The number of hydrogen-bond acceptors (Lipinski definition) is 4. The summed E-state index contributed by atoms with van der Waals surface area (Å²) in [5, 5.41) is 11.4. The zero-order chi connectivity index (χ0) is 18.3. The maximum atomic E-state index is 9.79. The molecule has 1 aliphatic heterocycles. The van der Waals surface area contributed by atoms with Gasteiger partial charge in [0.2, 0.25) is 0 Å². The molecule has 0 saturated heterocycles. The van der Waals surface area contributed by atoms with Crippen molar-refractivity contribution in [2.24, 2.45) is 0 Å². The molecule has 5 heteroatoms. The van der Waals surface area contributed by atoms with Crippen molar-refractivity contribution >= 4 is 17.9 Å². The molecule has 3 rings (SSSR count). The third-order valence-electron chi connectivity index (χ3n) is 3.45. The number of thioether (sulfide) groups is 1. The van der Waals surface area contributed by atoms with Crippen LogP contribution in [0.1, 0.15) is 37.5 Å². The zero-order valence-electron chi connectivity index (χ0n) is 14.9. The molecule has 0 aromatic heterocycles. The van der Waals surface area contributed by atoms with Gasteiger partial charge in [0.05, 0.1) is 0 Å². The van der Waals surface area contributed by atoms with Crippen molar-refractivity contribution in [3.8, 4) is 0 Å². The van der Waals surface area contributed by atoms with Crippen molar-refractivity contribution < 1.29 is 14.6 Å². The molecule has 0 spiro atoms. The van der Waals surface area contributed by atoms with E-state index in [4.69, 9.17) is 5.11 Å². The summed E-state index contributed by atoms with van der Waals surface area (Å²) in [7, 11) is 0. The van der Waals surface area contributed by atoms with Gasteiger partial charge in [-0.1, -0.05) is 36.4 Å². The maximum absolute atomic E-state index is 9.79. The fourth-order valence-corrected chi connectivity index (χ4v) is 3.28. The molecule has 2 aromatic carbocycles. The normalized spacial score (nSPS) is 12.8. The molecule has 0 bridgehead atoms. The van der Waals surface area contributed by atoms with Gasteiger partial charge in [0, 0.05) is 23.7 Å². The second-order valence-electron chi connectivity index (χ2n) is 6.79. The Morgan fingerprint density at radius 3 is 2.40 bits per heavy atom. The summed E-state index contributed by atoms with van der Waals surface area (Å²) < 4.78 is 4.35. The first kappa shape index (κ1) is 19.3. The van der Waals surface area contributed by atoms with E-state index in [0.29, 0.717) is 0 Å². The van der Waals surface area contributed by atoms with E-state index in [0.717, 1.165) is 18.8 Å². The van der Waals surface area contributed by atoms with Gasteiger partial charge in [0.25, 0.3) is 0 Å². The number of ether oxygens (including phenoxy) is 1. The van der Waals surface area contributed by atoms with Crippen molar-refractivity contribution in [2.75, 3.05) is 0 Å². The molecule has 0 aliphatic carbocycles. The van der Waals surface area contributed by atoms with Crippen LogP contribution in [0.3, 0.4) is 0 Å². The molecule has 1 heterocycles. The van der Waals surface area contributed by atoms with Crippen LogP contribution < -0.4 is 5.32 Å². The molecule has 1 aliphatic rings. The molecule has 0 atom stereocenters. The zero-order valence-corrected chi connectivity index (χ0v) is 15.7. The summed E-state index contributed by atoms with van der Waals surface area (Å²) in [4.78, 5) is 11.2. The van der Waals surface area contributed by atoms with Crippen molar-refractivity contribution in [3.63, 3.8) is 0 Å². The van der Waals surface area contributed by atoms with E-state index in [9.17, 15) is 4.79 Å². The van der Waals surface area contributed by atoms with Crippen molar-refractivity contribution in [2.45, 2.75) is 50.1 Å². The predicted octanol–water partition coefficient (Wildman–Crippen LogP) is 5.06. The van der Waals surface area contributed by atoms with Crippen LogP contribution in [-0.2, 0) is 23.6 Å². The Hall–Kier alpha value is -1.98. The standard InChI is InChI=1S/C15H15NS.C5H10O3/c1-2-4-12(5-3-1)11-17-15-7-6-13-9-16-10-14(13)8-15;1-5(2,3)8-4(6)7/h1-8,16H,9-11H2;1-3H3,(H,6,7). The number of carbonyl (C=O) groups is 1. The van der Waals surface area contributed by atoms with Crippen LogP contribution in [0.4, 0.5) is 4.79 Å². The lowest BCUT2D eigenvalue weighted by atomic mass is 10.1. The Kier molecular flexibility index (Phi) is 6.91. The van der Waals surface area contributed by atoms with Gasteiger partial charge in [-0.05, 0) is 49.6 Å². The van der Waals surface area contributed by atoms with Gasteiger partial charge < -0.3 is 15.2 Å². The minimum absolute atomic E-state index is 0.578. The Balaban J connectivity index is 0.000000242. The quantitative estimate of drug-likeness (QED) is 0.592. The molecule has 0 saturated carbocycles. The van der Waals surface area contributed by atoms with Crippen LogP contribution in [0, 0.1) is 0 Å². The molecule has 2 N–H and O–H groups in total. The maximum Gasteiger partial charge on any atom is 0.506 e. The van der Waals surface area contributed by atoms with Gasteiger partial charge in [0.1, 0.15) is 5.60 Å². The lowest BCUT2D eigenvalue weighted by molar-refractivity contribution is 0.0150. The van der Waals surface area contributed by atoms with E-state index in [-0.39, 0.29) is 0 Å². The molecule has 0 unspecified atom stereocenters. The van der Waals surface area contributed by atoms with Crippen molar-refractivity contribution in [1.82, 2.24) is 5.32 Å².